The minimum absolute atomic E-state index is 0.345. The van der Waals surface area contributed by atoms with E-state index < -0.39 is 11.9 Å². The Kier molecular flexibility index (Phi) is 16.1. The minimum atomic E-state index is -0.414. The highest BCUT2D eigenvalue weighted by Gasteiger charge is 2.24. The second-order valence-electron chi connectivity index (χ2n) is 13.7. The van der Waals surface area contributed by atoms with E-state index in [2.05, 4.69) is 27.7 Å². The third-order valence-electron chi connectivity index (χ3n) is 9.29. The van der Waals surface area contributed by atoms with Crippen LogP contribution in [0.4, 0.5) is 0 Å². The molecular formula is C45H56O6. The molecule has 0 unspecified atom stereocenters. The molecule has 272 valence electrons. The molecule has 0 aliphatic carbocycles. The van der Waals surface area contributed by atoms with E-state index >= 15 is 0 Å². The quantitative estimate of drug-likeness (QED) is 0.0464. The van der Waals surface area contributed by atoms with Crippen molar-refractivity contribution in [1.29, 1.82) is 0 Å². The van der Waals surface area contributed by atoms with Crippen molar-refractivity contribution in [2.24, 2.45) is 0 Å². The summed E-state index contributed by atoms with van der Waals surface area (Å²) in [5, 5.41) is 0. The maximum absolute atomic E-state index is 12.8. The van der Waals surface area contributed by atoms with Gasteiger partial charge in [0.15, 0.2) is 0 Å². The third kappa shape index (κ3) is 12.9. The molecule has 0 aliphatic rings. The fraction of sp³-hybridized carbons (Fsp3) is 0.422. The summed E-state index contributed by atoms with van der Waals surface area (Å²) < 4.78 is 23.0. The Balaban J connectivity index is 1.22. The molecule has 0 N–H and O–H groups in total. The Morgan fingerprint density at radius 2 is 0.745 bits per heavy atom. The van der Waals surface area contributed by atoms with Crippen LogP contribution in [0.2, 0.25) is 0 Å². The average Bonchev–Trinajstić information content (AvgIpc) is 3.15. The van der Waals surface area contributed by atoms with Gasteiger partial charge in [-0.2, -0.15) is 0 Å². The molecule has 0 saturated heterocycles. The van der Waals surface area contributed by atoms with Crippen molar-refractivity contribution >= 4 is 11.9 Å². The maximum Gasteiger partial charge on any atom is 0.343 e. The number of ether oxygens (including phenoxy) is 4. The van der Waals surface area contributed by atoms with Crippen molar-refractivity contribution in [3.63, 3.8) is 0 Å². The van der Waals surface area contributed by atoms with Gasteiger partial charge in [0, 0.05) is 5.41 Å². The van der Waals surface area contributed by atoms with E-state index in [1.807, 2.05) is 72.8 Å². The third-order valence-corrected chi connectivity index (χ3v) is 9.29. The minimum Gasteiger partial charge on any atom is -0.494 e. The highest BCUT2D eigenvalue weighted by atomic mass is 16.5. The SMILES string of the molecule is CCCCCCCCOc1ccc(C(=O)Oc2ccc(C(C)(C)c3ccc(OC(=O)c4ccc(OCCCCCCCC)cc4)cc3)cc2)cc1. The number of rotatable bonds is 22. The first-order valence-electron chi connectivity index (χ1n) is 18.9. The summed E-state index contributed by atoms with van der Waals surface area (Å²) in [4.78, 5) is 25.6. The lowest BCUT2D eigenvalue weighted by molar-refractivity contribution is 0.0725. The monoisotopic (exact) mass is 692 g/mol. The van der Waals surface area contributed by atoms with Crippen LogP contribution in [0.1, 0.15) is 137 Å². The Morgan fingerprint density at radius 3 is 1.10 bits per heavy atom. The molecule has 0 bridgehead atoms. The van der Waals surface area contributed by atoms with Gasteiger partial charge in [0.25, 0.3) is 0 Å². The number of hydrogen-bond donors (Lipinski definition) is 0. The first kappa shape index (κ1) is 39.2. The van der Waals surface area contributed by atoms with Crippen LogP contribution in [0, 0.1) is 0 Å². The van der Waals surface area contributed by atoms with Crippen molar-refractivity contribution in [2.45, 2.75) is 110 Å². The lowest BCUT2D eigenvalue weighted by Crippen LogP contribution is -2.19. The van der Waals surface area contributed by atoms with Crippen LogP contribution in [0.3, 0.4) is 0 Å². The fourth-order valence-electron chi connectivity index (χ4n) is 5.90. The number of hydrogen-bond acceptors (Lipinski definition) is 6. The molecular weight excluding hydrogens is 636 g/mol. The number of unbranched alkanes of at least 4 members (excludes halogenated alkanes) is 10. The van der Waals surface area contributed by atoms with Crippen LogP contribution < -0.4 is 18.9 Å². The van der Waals surface area contributed by atoms with E-state index in [1.165, 1.54) is 64.2 Å². The van der Waals surface area contributed by atoms with Crippen molar-refractivity contribution in [1.82, 2.24) is 0 Å². The van der Waals surface area contributed by atoms with Gasteiger partial charge in [0.1, 0.15) is 23.0 Å². The van der Waals surface area contributed by atoms with E-state index in [9.17, 15) is 9.59 Å². The second-order valence-corrected chi connectivity index (χ2v) is 13.7. The van der Waals surface area contributed by atoms with Crippen molar-refractivity contribution in [3.05, 3.63) is 119 Å². The molecule has 0 spiro atoms. The van der Waals surface area contributed by atoms with Crippen LogP contribution in [0.25, 0.3) is 0 Å². The average molecular weight is 693 g/mol. The Bertz CT molecular complexity index is 1470. The largest absolute Gasteiger partial charge is 0.494 e. The molecule has 0 aromatic heterocycles. The van der Waals surface area contributed by atoms with Gasteiger partial charge >= 0.3 is 11.9 Å². The van der Waals surface area contributed by atoms with E-state index in [0.29, 0.717) is 35.8 Å². The van der Waals surface area contributed by atoms with E-state index in [1.54, 1.807) is 24.3 Å². The lowest BCUT2D eigenvalue weighted by atomic mass is 9.78. The topological polar surface area (TPSA) is 71.1 Å². The molecule has 51 heavy (non-hydrogen) atoms. The zero-order valence-corrected chi connectivity index (χ0v) is 31.1. The maximum atomic E-state index is 12.8. The molecule has 4 aromatic rings. The molecule has 6 nitrogen and oxygen atoms in total. The zero-order chi connectivity index (χ0) is 36.3. The number of esters is 2. The van der Waals surface area contributed by atoms with Gasteiger partial charge in [-0.15, -0.1) is 0 Å². The smallest absolute Gasteiger partial charge is 0.343 e. The highest BCUT2D eigenvalue weighted by Crippen LogP contribution is 2.33. The van der Waals surface area contributed by atoms with Gasteiger partial charge in [-0.3, -0.25) is 0 Å². The first-order valence-corrected chi connectivity index (χ1v) is 18.9. The molecule has 0 saturated carbocycles. The standard InChI is InChI=1S/C45H56O6/c1-5-7-9-11-13-15-33-48-39-25-17-35(18-26-39)43(46)50-41-29-21-37(22-30-41)45(3,4)38-23-31-42(32-24-38)51-44(47)36-19-27-40(28-20-36)49-34-16-14-12-10-8-6-2/h17-32H,5-16,33-34H2,1-4H3. The summed E-state index contributed by atoms with van der Waals surface area (Å²) in [5.74, 6) is 1.63. The Hall–Kier alpha value is -4.58. The highest BCUT2D eigenvalue weighted by molar-refractivity contribution is 5.91. The van der Waals surface area contributed by atoms with Crippen LogP contribution in [0.15, 0.2) is 97.1 Å². The number of benzene rings is 4. The predicted octanol–water partition coefficient (Wildman–Crippen LogP) is 11.9. The van der Waals surface area contributed by atoms with Crippen molar-refractivity contribution in [3.8, 4) is 23.0 Å². The van der Waals surface area contributed by atoms with E-state index in [-0.39, 0.29) is 5.41 Å². The molecule has 4 aromatic carbocycles. The molecule has 0 amide bonds. The zero-order valence-electron chi connectivity index (χ0n) is 31.1. The van der Waals surface area contributed by atoms with E-state index in [4.69, 9.17) is 18.9 Å². The van der Waals surface area contributed by atoms with Crippen LogP contribution >= 0.6 is 0 Å². The van der Waals surface area contributed by atoms with Gasteiger partial charge in [-0.1, -0.05) is 116 Å². The predicted molar refractivity (Wildman–Crippen MR) is 206 cm³/mol. The van der Waals surface area contributed by atoms with Crippen LogP contribution in [0.5, 0.6) is 23.0 Å². The summed E-state index contributed by atoms with van der Waals surface area (Å²) in [7, 11) is 0. The normalized spacial score (nSPS) is 11.2. The lowest BCUT2D eigenvalue weighted by Gasteiger charge is -2.26. The molecule has 0 heterocycles. The summed E-state index contributed by atoms with van der Waals surface area (Å²) in [6.07, 6.45) is 14.6. The van der Waals surface area contributed by atoms with Gasteiger partial charge in [0.05, 0.1) is 24.3 Å². The summed E-state index contributed by atoms with van der Waals surface area (Å²) >= 11 is 0. The van der Waals surface area contributed by atoms with Gasteiger partial charge in [-0.05, 0) is 96.8 Å². The molecule has 0 atom stereocenters. The van der Waals surface area contributed by atoms with E-state index in [0.717, 1.165) is 35.5 Å². The summed E-state index contributed by atoms with van der Waals surface area (Å²) in [6.45, 7) is 10.1. The number of carbonyl (C=O) groups excluding carboxylic acids is 2. The first-order chi connectivity index (χ1) is 24.8. The molecule has 0 radical (unpaired) electrons. The molecule has 4 rings (SSSR count). The van der Waals surface area contributed by atoms with Crippen molar-refractivity contribution < 1.29 is 28.5 Å². The number of carbonyl (C=O) groups is 2. The van der Waals surface area contributed by atoms with Gasteiger partial charge in [0.2, 0.25) is 0 Å². The van der Waals surface area contributed by atoms with Crippen LogP contribution in [-0.2, 0) is 5.41 Å². The Morgan fingerprint density at radius 1 is 0.431 bits per heavy atom. The molecule has 6 heteroatoms. The van der Waals surface area contributed by atoms with Crippen LogP contribution in [-0.4, -0.2) is 25.2 Å². The summed E-state index contributed by atoms with van der Waals surface area (Å²) in [6, 6.07) is 29.3. The Labute approximate surface area is 305 Å². The molecule has 0 aliphatic heterocycles. The van der Waals surface area contributed by atoms with Crippen molar-refractivity contribution in [2.75, 3.05) is 13.2 Å². The summed E-state index contributed by atoms with van der Waals surface area (Å²) in [5.41, 5.74) is 2.70. The van der Waals surface area contributed by atoms with Gasteiger partial charge in [-0.25, -0.2) is 9.59 Å². The molecule has 0 fully saturated rings. The second kappa shape index (κ2) is 20.9. The fourth-order valence-corrected chi connectivity index (χ4v) is 5.90. The van der Waals surface area contributed by atoms with Gasteiger partial charge < -0.3 is 18.9 Å².